The molecule has 1 heterocycles. The number of hydrogen-bond donors (Lipinski definition) is 1. The van der Waals surface area contributed by atoms with Crippen LogP contribution < -0.4 is 5.73 Å². The second-order valence-corrected chi connectivity index (χ2v) is 7.68. The number of hydrogen-bond acceptors (Lipinski definition) is 4. The van der Waals surface area contributed by atoms with Crippen molar-refractivity contribution in [3.8, 4) is 0 Å². The van der Waals surface area contributed by atoms with Crippen molar-refractivity contribution in [3.63, 3.8) is 0 Å². The molecule has 0 aromatic carbocycles. The average molecular weight is 300 g/mol. The van der Waals surface area contributed by atoms with Crippen LogP contribution in [0.5, 0.6) is 0 Å². The Balaban J connectivity index is 2.86. The summed E-state index contributed by atoms with van der Waals surface area (Å²) in [5.74, 6) is 1.22. The zero-order valence-corrected chi connectivity index (χ0v) is 15.1. The van der Waals surface area contributed by atoms with Crippen molar-refractivity contribution in [1.29, 1.82) is 0 Å². The summed E-state index contributed by atoms with van der Waals surface area (Å²) in [5, 5.41) is 0. The maximum absolute atomic E-state index is 6.27. The molecule has 0 saturated carbocycles. The molecule has 0 radical (unpaired) electrons. The Morgan fingerprint density at radius 1 is 1.19 bits per heavy atom. The van der Waals surface area contributed by atoms with Gasteiger partial charge in [-0.3, -0.25) is 4.90 Å². The summed E-state index contributed by atoms with van der Waals surface area (Å²) < 4.78 is 5.98. The SMILES string of the molecule is CC(C)CN(CCN(C)C)C1(CN)CCOC(C(C)C)C1. The summed E-state index contributed by atoms with van der Waals surface area (Å²) in [7, 11) is 4.28. The van der Waals surface area contributed by atoms with Gasteiger partial charge in [0.15, 0.2) is 0 Å². The van der Waals surface area contributed by atoms with E-state index in [0.717, 1.165) is 45.6 Å². The highest BCUT2D eigenvalue weighted by Crippen LogP contribution is 2.33. The monoisotopic (exact) mass is 299 g/mol. The Kier molecular flexibility index (Phi) is 7.62. The molecule has 1 fully saturated rings. The lowest BCUT2D eigenvalue weighted by Gasteiger charge is -2.49. The summed E-state index contributed by atoms with van der Waals surface area (Å²) >= 11 is 0. The van der Waals surface area contributed by atoms with Crippen LogP contribution in [0, 0.1) is 11.8 Å². The van der Waals surface area contributed by atoms with E-state index >= 15 is 0 Å². The largest absolute Gasteiger partial charge is 0.378 e. The molecule has 0 aromatic rings. The van der Waals surface area contributed by atoms with E-state index in [0.29, 0.717) is 17.9 Å². The number of nitrogens with zero attached hydrogens (tertiary/aromatic N) is 2. The average Bonchev–Trinajstić information content (AvgIpc) is 2.42. The molecule has 126 valence electrons. The maximum atomic E-state index is 6.27. The highest BCUT2D eigenvalue weighted by atomic mass is 16.5. The molecule has 1 rings (SSSR count). The van der Waals surface area contributed by atoms with Gasteiger partial charge in [0.25, 0.3) is 0 Å². The van der Waals surface area contributed by atoms with Gasteiger partial charge >= 0.3 is 0 Å². The highest BCUT2D eigenvalue weighted by Gasteiger charge is 2.41. The second-order valence-electron chi connectivity index (χ2n) is 7.68. The predicted molar refractivity (Wildman–Crippen MR) is 90.6 cm³/mol. The van der Waals surface area contributed by atoms with Crippen LogP contribution >= 0.6 is 0 Å². The molecule has 1 saturated heterocycles. The minimum atomic E-state index is 0.119. The van der Waals surface area contributed by atoms with E-state index in [9.17, 15) is 0 Å². The molecule has 4 nitrogen and oxygen atoms in total. The van der Waals surface area contributed by atoms with Crippen LogP contribution in [-0.4, -0.2) is 68.3 Å². The summed E-state index contributed by atoms with van der Waals surface area (Å²) in [6, 6.07) is 0. The summed E-state index contributed by atoms with van der Waals surface area (Å²) in [5.41, 5.74) is 6.39. The molecule has 4 heteroatoms. The van der Waals surface area contributed by atoms with Gasteiger partial charge in [0.2, 0.25) is 0 Å². The van der Waals surface area contributed by atoms with Crippen molar-refractivity contribution < 1.29 is 4.74 Å². The van der Waals surface area contributed by atoms with E-state index in [1.807, 2.05) is 0 Å². The number of ether oxygens (including phenoxy) is 1. The first-order valence-corrected chi connectivity index (χ1v) is 8.52. The van der Waals surface area contributed by atoms with Crippen molar-refractivity contribution in [2.24, 2.45) is 17.6 Å². The topological polar surface area (TPSA) is 41.7 Å². The van der Waals surface area contributed by atoms with Gasteiger partial charge in [0.1, 0.15) is 0 Å². The fourth-order valence-corrected chi connectivity index (χ4v) is 3.25. The van der Waals surface area contributed by atoms with Crippen molar-refractivity contribution in [2.45, 2.75) is 52.2 Å². The molecule has 21 heavy (non-hydrogen) atoms. The first-order chi connectivity index (χ1) is 9.80. The molecule has 0 spiro atoms. The third-order valence-electron chi connectivity index (χ3n) is 4.68. The van der Waals surface area contributed by atoms with Gasteiger partial charge in [0, 0.05) is 38.3 Å². The van der Waals surface area contributed by atoms with E-state index in [1.165, 1.54) is 0 Å². The molecule has 0 aromatic heterocycles. The molecule has 1 aliphatic rings. The minimum absolute atomic E-state index is 0.119. The third-order valence-corrected chi connectivity index (χ3v) is 4.68. The summed E-state index contributed by atoms with van der Waals surface area (Å²) in [4.78, 5) is 4.91. The first kappa shape index (κ1) is 18.9. The van der Waals surface area contributed by atoms with Crippen LogP contribution in [0.3, 0.4) is 0 Å². The lowest BCUT2D eigenvalue weighted by atomic mass is 9.81. The number of rotatable bonds is 8. The second kappa shape index (κ2) is 8.47. The van der Waals surface area contributed by atoms with Crippen LogP contribution in [0.1, 0.15) is 40.5 Å². The molecule has 2 atom stereocenters. The van der Waals surface area contributed by atoms with E-state index in [1.54, 1.807) is 0 Å². The van der Waals surface area contributed by atoms with E-state index in [4.69, 9.17) is 10.5 Å². The molecular formula is C17H37N3O. The molecular weight excluding hydrogens is 262 g/mol. The number of nitrogens with two attached hydrogens (primary N) is 1. The quantitative estimate of drug-likeness (QED) is 0.745. The smallest absolute Gasteiger partial charge is 0.0616 e. The maximum Gasteiger partial charge on any atom is 0.0616 e. The molecule has 0 aliphatic carbocycles. The lowest BCUT2D eigenvalue weighted by Crippen LogP contribution is -2.61. The standard InChI is InChI=1S/C17H37N3O/c1-14(2)12-20(9-8-19(5)6)17(13-18)7-10-21-16(11-17)15(3)4/h14-16H,7-13,18H2,1-6H3. The third kappa shape index (κ3) is 5.51. The van der Waals surface area contributed by atoms with Crippen LogP contribution in [0.4, 0.5) is 0 Å². The van der Waals surface area contributed by atoms with Crippen molar-refractivity contribution >= 4 is 0 Å². The van der Waals surface area contributed by atoms with Gasteiger partial charge in [0.05, 0.1) is 6.10 Å². The van der Waals surface area contributed by atoms with E-state index < -0.39 is 0 Å². The van der Waals surface area contributed by atoms with Crippen LogP contribution in [0.2, 0.25) is 0 Å². The van der Waals surface area contributed by atoms with Gasteiger partial charge in [-0.1, -0.05) is 27.7 Å². The molecule has 0 amide bonds. The first-order valence-electron chi connectivity index (χ1n) is 8.52. The Hall–Kier alpha value is -0.160. The van der Waals surface area contributed by atoms with Crippen molar-refractivity contribution in [2.75, 3.05) is 46.9 Å². The zero-order valence-electron chi connectivity index (χ0n) is 15.1. The summed E-state index contributed by atoms with van der Waals surface area (Å²) in [6.45, 7) is 14.0. The molecule has 1 aliphatic heterocycles. The molecule has 2 N–H and O–H groups in total. The fourth-order valence-electron chi connectivity index (χ4n) is 3.25. The summed E-state index contributed by atoms with van der Waals surface area (Å²) in [6.07, 6.45) is 2.48. The Labute approximate surface area is 132 Å². The van der Waals surface area contributed by atoms with Crippen molar-refractivity contribution in [1.82, 2.24) is 9.80 Å². The van der Waals surface area contributed by atoms with Gasteiger partial charge < -0.3 is 15.4 Å². The zero-order chi connectivity index (χ0) is 16.0. The van der Waals surface area contributed by atoms with Gasteiger partial charge in [-0.15, -0.1) is 0 Å². The van der Waals surface area contributed by atoms with E-state index in [-0.39, 0.29) is 5.54 Å². The number of likely N-dealkylation sites (N-methyl/N-ethyl adjacent to an activating group) is 1. The molecule has 2 unspecified atom stereocenters. The fraction of sp³-hybridized carbons (Fsp3) is 1.00. The van der Waals surface area contributed by atoms with E-state index in [2.05, 4.69) is 51.6 Å². The Morgan fingerprint density at radius 3 is 2.33 bits per heavy atom. The van der Waals surface area contributed by atoms with Gasteiger partial charge in [-0.25, -0.2) is 0 Å². The minimum Gasteiger partial charge on any atom is -0.378 e. The van der Waals surface area contributed by atoms with Crippen LogP contribution in [-0.2, 0) is 4.74 Å². The normalized spacial score (nSPS) is 27.3. The van der Waals surface area contributed by atoms with Crippen LogP contribution in [0.25, 0.3) is 0 Å². The van der Waals surface area contributed by atoms with Crippen LogP contribution in [0.15, 0.2) is 0 Å². The Morgan fingerprint density at radius 2 is 1.86 bits per heavy atom. The highest BCUT2D eigenvalue weighted by molar-refractivity contribution is 4.97. The van der Waals surface area contributed by atoms with Gasteiger partial charge in [-0.2, -0.15) is 0 Å². The predicted octanol–water partition coefficient (Wildman–Crippen LogP) is 2.04. The van der Waals surface area contributed by atoms with Crippen molar-refractivity contribution in [3.05, 3.63) is 0 Å². The molecule has 0 bridgehead atoms. The Bertz CT molecular complexity index is 294. The lowest BCUT2D eigenvalue weighted by molar-refractivity contribution is -0.0906. The van der Waals surface area contributed by atoms with Gasteiger partial charge in [-0.05, 0) is 38.8 Å².